The molecule has 1 fully saturated rings. The Kier molecular flexibility index (Phi) is 14.1. The number of aliphatic hydroxyl groups excluding tert-OH is 2. The lowest BCUT2D eigenvalue weighted by Crippen LogP contribution is -2.64. The Labute approximate surface area is 329 Å². The van der Waals surface area contributed by atoms with Crippen molar-refractivity contribution in [3.63, 3.8) is 0 Å². The van der Waals surface area contributed by atoms with Gasteiger partial charge in [0, 0.05) is 61.7 Å². The summed E-state index contributed by atoms with van der Waals surface area (Å²) in [6, 6.07) is 12.6. The summed E-state index contributed by atoms with van der Waals surface area (Å²) in [6.07, 6.45) is 15.6. The van der Waals surface area contributed by atoms with Crippen LogP contribution in [0, 0.1) is 23.6 Å². The van der Waals surface area contributed by atoms with E-state index in [-0.39, 0.29) is 61.2 Å². The average molecular weight is 774 g/mol. The van der Waals surface area contributed by atoms with E-state index in [2.05, 4.69) is 28.7 Å². The third-order valence-electron chi connectivity index (χ3n) is 10.7. The number of unbranched alkanes of at least 4 members (excludes halogenated alkanes) is 2. The largest absolute Gasteiger partial charge is 0.489 e. The molecule has 1 aliphatic heterocycles. The van der Waals surface area contributed by atoms with Crippen LogP contribution in [0.3, 0.4) is 0 Å². The van der Waals surface area contributed by atoms with Crippen LogP contribution >= 0.6 is 11.8 Å². The Morgan fingerprint density at radius 3 is 2.60 bits per heavy atom. The number of rotatable bonds is 19. The van der Waals surface area contributed by atoms with Gasteiger partial charge >= 0.3 is 0 Å². The van der Waals surface area contributed by atoms with Gasteiger partial charge in [-0.15, -0.1) is 6.58 Å². The number of allylic oxidation sites excluding steroid dienone is 1. The van der Waals surface area contributed by atoms with Gasteiger partial charge < -0.3 is 29.3 Å². The topological polar surface area (TPSA) is 116 Å². The zero-order chi connectivity index (χ0) is 38.8. The van der Waals surface area contributed by atoms with Crippen LogP contribution in [0.5, 0.6) is 11.5 Å². The summed E-state index contributed by atoms with van der Waals surface area (Å²) in [5.74, 6) is 0.712. The first-order chi connectivity index (χ1) is 26.7. The second-order valence-electron chi connectivity index (χ2n) is 15.6. The van der Waals surface area contributed by atoms with Crippen LogP contribution < -0.4 is 9.47 Å². The van der Waals surface area contributed by atoms with Crippen molar-refractivity contribution in [1.82, 2.24) is 9.97 Å². The van der Waals surface area contributed by atoms with Crippen LogP contribution in [-0.4, -0.2) is 68.1 Å². The highest BCUT2D eigenvalue weighted by Gasteiger charge is 2.64. The van der Waals surface area contributed by atoms with Crippen LogP contribution in [0.2, 0.25) is 0 Å². The Morgan fingerprint density at radius 2 is 1.87 bits per heavy atom. The maximum Gasteiger partial charge on any atom is 0.230 e. The van der Waals surface area contributed by atoms with Gasteiger partial charge in [0.25, 0.3) is 0 Å². The SMILES string of the molecule is C=CCOC12Oc3ccc(OCc4ccccc4F)cc3C3C(CCCCO)C(CCCCO)C=C(C(=NOC(C)(C)C)CC1SCCc1cnccn1)C32. The molecule has 2 aromatic carbocycles. The lowest BCUT2D eigenvalue weighted by molar-refractivity contribution is -0.223. The summed E-state index contributed by atoms with van der Waals surface area (Å²) in [5, 5.41) is 24.4. The number of halogens is 1. The maximum absolute atomic E-state index is 14.6. The highest BCUT2D eigenvalue weighted by Crippen LogP contribution is 2.62. The Bertz CT molecular complexity index is 1780. The minimum atomic E-state index is -1.08. The Hall–Kier alpha value is -3.77. The molecule has 0 radical (unpaired) electrons. The van der Waals surface area contributed by atoms with Gasteiger partial charge in [-0.1, -0.05) is 48.3 Å². The monoisotopic (exact) mass is 773 g/mol. The van der Waals surface area contributed by atoms with Crippen LogP contribution in [0.1, 0.15) is 88.5 Å². The van der Waals surface area contributed by atoms with Crippen LogP contribution in [-0.2, 0) is 22.6 Å². The molecular formula is C44H56FN3O6S. The van der Waals surface area contributed by atoms with Crippen molar-refractivity contribution in [3.8, 4) is 11.5 Å². The van der Waals surface area contributed by atoms with Crippen LogP contribution in [0.15, 0.2) is 90.5 Å². The second kappa shape index (κ2) is 18.9. The van der Waals surface area contributed by atoms with Gasteiger partial charge in [0.15, 0.2) is 0 Å². The quantitative estimate of drug-likeness (QED) is 0.0702. The molecule has 2 aliphatic carbocycles. The summed E-state index contributed by atoms with van der Waals surface area (Å²) < 4.78 is 35.2. The number of thioether (sulfide) groups is 1. The number of ether oxygens (including phenoxy) is 3. The molecule has 6 rings (SSSR count). The Balaban J connectivity index is 1.49. The molecule has 1 aromatic heterocycles. The molecule has 3 aromatic rings. The van der Waals surface area contributed by atoms with Crippen molar-refractivity contribution in [3.05, 3.63) is 108 Å². The summed E-state index contributed by atoms with van der Waals surface area (Å²) in [7, 11) is 0. The van der Waals surface area contributed by atoms with Gasteiger partial charge in [-0.2, -0.15) is 11.8 Å². The average Bonchev–Trinajstić information content (AvgIpc) is 3.18. The normalized spacial score (nSPS) is 25.0. The summed E-state index contributed by atoms with van der Waals surface area (Å²) in [6.45, 7) is 10.7. The van der Waals surface area contributed by atoms with Gasteiger partial charge in [0.05, 0.1) is 29.2 Å². The van der Waals surface area contributed by atoms with E-state index >= 15 is 0 Å². The number of nitrogens with zero attached hydrogens (tertiary/aromatic N) is 3. The molecule has 6 atom stereocenters. The molecule has 55 heavy (non-hydrogen) atoms. The van der Waals surface area contributed by atoms with Gasteiger partial charge in [0.2, 0.25) is 5.79 Å². The minimum absolute atomic E-state index is 0.0772. The van der Waals surface area contributed by atoms with Crippen LogP contribution in [0.4, 0.5) is 4.39 Å². The van der Waals surface area contributed by atoms with Crippen molar-refractivity contribution in [1.29, 1.82) is 0 Å². The lowest BCUT2D eigenvalue weighted by atomic mass is 9.56. The van der Waals surface area contributed by atoms with E-state index in [1.165, 1.54) is 6.07 Å². The number of hydrogen-bond donors (Lipinski definition) is 2. The predicted molar refractivity (Wildman–Crippen MR) is 215 cm³/mol. The van der Waals surface area contributed by atoms with Crippen LogP contribution in [0.25, 0.3) is 0 Å². The number of aryl methyl sites for hydroxylation is 1. The molecular weight excluding hydrogens is 718 g/mol. The lowest BCUT2D eigenvalue weighted by Gasteiger charge is -2.58. The fraction of sp³-hybridized carbons (Fsp3) is 0.523. The van der Waals surface area contributed by atoms with E-state index < -0.39 is 11.4 Å². The molecule has 11 heteroatoms. The second-order valence-corrected chi connectivity index (χ2v) is 17.0. The standard InChI is InChI=1S/C44H56FN3O6S/c1-5-23-52-44-40(55-24-18-32-28-46-19-20-47-32)27-38(48-54-43(2,3)4)35-25-30(12-8-10-21-49)34(14-9-11-22-50)41(42(35)44)36-26-33(16-17-39(36)53-44)51-29-31-13-6-7-15-37(31)45/h5-7,13,15-17,19-20,25-26,28,30,34,40-42,49-50H,1,8-12,14,18,21-24,27,29H2,2-4H3. The minimum Gasteiger partial charge on any atom is -0.489 e. The third-order valence-corrected chi connectivity index (χ3v) is 12.0. The summed E-state index contributed by atoms with van der Waals surface area (Å²) >= 11 is 1.79. The molecule has 9 nitrogen and oxygen atoms in total. The van der Waals surface area contributed by atoms with Crippen molar-refractivity contribution in [2.24, 2.45) is 22.9 Å². The molecule has 0 spiro atoms. The number of aromatic nitrogens is 2. The van der Waals surface area contributed by atoms with Crippen molar-refractivity contribution < 1.29 is 33.7 Å². The molecule has 0 saturated heterocycles. The number of hydrogen-bond acceptors (Lipinski definition) is 10. The van der Waals surface area contributed by atoms with E-state index in [0.29, 0.717) is 24.2 Å². The first-order valence-corrected chi connectivity index (χ1v) is 20.7. The summed E-state index contributed by atoms with van der Waals surface area (Å²) in [4.78, 5) is 15.0. The smallest absolute Gasteiger partial charge is 0.230 e. The van der Waals surface area contributed by atoms with Crippen molar-refractivity contribution in [2.75, 3.05) is 25.6 Å². The predicted octanol–water partition coefficient (Wildman–Crippen LogP) is 8.60. The number of fused-ring (bicyclic) bond motifs is 2. The van der Waals surface area contributed by atoms with E-state index in [1.54, 1.807) is 48.6 Å². The van der Waals surface area contributed by atoms with Gasteiger partial charge in [0.1, 0.15) is 29.5 Å². The van der Waals surface area contributed by atoms with E-state index in [9.17, 15) is 14.6 Å². The third kappa shape index (κ3) is 9.79. The Morgan fingerprint density at radius 1 is 1.07 bits per heavy atom. The molecule has 2 heterocycles. The molecule has 6 unspecified atom stereocenters. The van der Waals surface area contributed by atoms with Crippen molar-refractivity contribution >= 4 is 17.5 Å². The molecule has 3 aliphatic rings. The molecule has 0 bridgehead atoms. The van der Waals surface area contributed by atoms with Gasteiger partial charge in [-0.05, 0) is 93.9 Å². The number of oxime groups is 1. The first-order valence-electron chi connectivity index (χ1n) is 19.7. The molecule has 1 saturated carbocycles. The molecule has 296 valence electrons. The van der Waals surface area contributed by atoms with E-state index in [4.69, 9.17) is 24.2 Å². The van der Waals surface area contributed by atoms with Crippen molar-refractivity contribution in [2.45, 2.75) is 101 Å². The van der Waals surface area contributed by atoms with E-state index in [0.717, 1.165) is 72.6 Å². The van der Waals surface area contributed by atoms with Gasteiger partial charge in [-0.25, -0.2) is 4.39 Å². The maximum atomic E-state index is 14.6. The first kappa shape index (κ1) is 40.9. The number of benzene rings is 2. The highest BCUT2D eigenvalue weighted by atomic mass is 32.2. The molecule has 2 N–H and O–H groups in total. The fourth-order valence-electron chi connectivity index (χ4n) is 8.30. The summed E-state index contributed by atoms with van der Waals surface area (Å²) in [5.41, 5.74) is 3.87. The zero-order valence-corrected chi connectivity index (χ0v) is 33.2. The van der Waals surface area contributed by atoms with E-state index in [1.807, 2.05) is 39.0 Å². The van der Waals surface area contributed by atoms with Gasteiger partial charge in [-0.3, -0.25) is 9.97 Å². The highest BCUT2D eigenvalue weighted by molar-refractivity contribution is 8.00. The number of aliphatic hydroxyl groups is 2. The molecule has 0 amide bonds. The fourth-order valence-corrected chi connectivity index (χ4v) is 9.68. The zero-order valence-electron chi connectivity index (χ0n) is 32.4.